The van der Waals surface area contributed by atoms with Crippen LogP contribution in [-0.4, -0.2) is 54.4 Å². The molecule has 1 aromatic heterocycles. The average Bonchev–Trinajstić information content (AvgIpc) is 2.96. The lowest BCUT2D eigenvalue weighted by molar-refractivity contribution is -0.122. The highest BCUT2D eigenvalue weighted by Gasteiger charge is 2.34. The van der Waals surface area contributed by atoms with Gasteiger partial charge in [0.1, 0.15) is 5.76 Å². The Morgan fingerprint density at radius 2 is 2.35 bits per heavy atom. The van der Waals surface area contributed by atoms with E-state index in [-0.39, 0.29) is 24.5 Å². The lowest BCUT2D eigenvalue weighted by atomic mass is 10.2. The molecule has 1 aliphatic rings. The van der Waals surface area contributed by atoms with Crippen molar-refractivity contribution in [2.45, 2.75) is 45.4 Å². The van der Waals surface area contributed by atoms with Crippen LogP contribution in [0, 0.1) is 6.92 Å². The van der Waals surface area contributed by atoms with Crippen LogP contribution < -0.4 is 5.32 Å². The number of carbonyl (C=O) groups is 1. The first kappa shape index (κ1) is 15.0. The van der Waals surface area contributed by atoms with Gasteiger partial charge in [-0.25, -0.2) is 0 Å². The molecule has 6 nitrogen and oxygen atoms in total. The third-order valence-corrected chi connectivity index (χ3v) is 3.69. The van der Waals surface area contributed by atoms with Crippen molar-refractivity contribution in [1.82, 2.24) is 15.4 Å². The van der Waals surface area contributed by atoms with Gasteiger partial charge in [0.2, 0.25) is 5.91 Å². The lowest BCUT2D eigenvalue weighted by Crippen LogP contribution is -2.44. The van der Waals surface area contributed by atoms with E-state index in [0.29, 0.717) is 11.8 Å². The van der Waals surface area contributed by atoms with Gasteiger partial charge in [-0.3, -0.25) is 9.69 Å². The van der Waals surface area contributed by atoms with Gasteiger partial charge in [0.15, 0.2) is 0 Å². The van der Waals surface area contributed by atoms with E-state index in [9.17, 15) is 4.79 Å². The number of ether oxygens (including phenoxy) is 1. The van der Waals surface area contributed by atoms with E-state index in [1.54, 1.807) is 13.2 Å². The van der Waals surface area contributed by atoms with Gasteiger partial charge < -0.3 is 14.6 Å². The van der Waals surface area contributed by atoms with Crippen LogP contribution in [0.25, 0.3) is 0 Å². The molecule has 20 heavy (non-hydrogen) atoms. The number of hydrogen-bond acceptors (Lipinski definition) is 5. The molecule has 2 rings (SSSR count). The zero-order valence-corrected chi connectivity index (χ0v) is 12.5. The Bertz CT molecular complexity index is 458. The predicted octanol–water partition coefficient (Wildman–Crippen LogP) is 0.749. The summed E-state index contributed by atoms with van der Waals surface area (Å²) in [7, 11) is 1.69. The third-order valence-electron chi connectivity index (χ3n) is 3.69. The first-order chi connectivity index (χ1) is 9.49. The molecule has 1 fully saturated rings. The van der Waals surface area contributed by atoms with Gasteiger partial charge in [0.25, 0.3) is 0 Å². The normalized spacial score (nSPS) is 23.4. The first-order valence-corrected chi connectivity index (χ1v) is 6.98. The van der Waals surface area contributed by atoms with Crippen LogP contribution in [0.2, 0.25) is 0 Å². The number of aryl methyl sites for hydroxylation is 1. The molecule has 2 heterocycles. The standard InChI is InChI=1S/C14H23N3O3/c1-9(2)17-7-12(13(8-17)19-4)15-14(18)6-11-5-10(3)16-20-11/h5,9,12-13H,6-8H2,1-4H3,(H,15,18)/t12-,13-/m1/s1. The second-order valence-corrected chi connectivity index (χ2v) is 5.61. The Morgan fingerprint density at radius 1 is 1.60 bits per heavy atom. The minimum absolute atomic E-state index is 0.0268. The molecule has 0 unspecified atom stereocenters. The molecular weight excluding hydrogens is 258 g/mol. The summed E-state index contributed by atoms with van der Waals surface area (Å²) in [4.78, 5) is 14.3. The summed E-state index contributed by atoms with van der Waals surface area (Å²) >= 11 is 0. The molecule has 0 aliphatic carbocycles. The molecule has 1 aromatic rings. The van der Waals surface area contributed by atoms with Crippen LogP contribution in [0.4, 0.5) is 0 Å². The van der Waals surface area contributed by atoms with Gasteiger partial charge in [0, 0.05) is 32.3 Å². The largest absolute Gasteiger partial charge is 0.378 e. The number of hydrogen-bond donors (Lipinski definition) is 1. The van der Waals surface area contributed by atoms with E-state index in [4.69, 9.17) is 9.26 Å². The zero-order chi connectivity index (χ0) is 14.7. The third kappa shape index (κ3) is 3.58. The Hall–Kier alpha value is -1.40. The second kappa shape index (κ2) is 6.37. The summed E-state index contributed by atoms with van der Waals surface area (Å²) in [5.41, 5.74) is 0.786. The highest BCUT2D eigenvalue weighted by Crippen LogP contribution is 2.16. The molecule has 2 atom stereocenters. The summed E-state index contributed by atoms with van der Waals surface area (Å²) in [5, 5.41) is 6.81. The van der Waals surface area contributed by atoms with E-state index in [0.717, 1.165) is 18.8 Å². The summed E-state index contributed by atoms with van der Waals surface area (Å²) in [6.45, 7) is 7.80. The van der Waals surface area contributed by atoms with E-state index < -0.39 is 0 Å². The molecule has 0 aromatic carbocycles. The number of rotatable bonds is 5. The topological polar surface area (TPSA) is 67.6 Å². The molecule has 6 heteroatoms. The number of carbonyl (C=O) groups excluding carboxylic acids is 1. The SMILES string of the molecule is CO[C@@H]1CN(C(C)C)C[C@H]1NC(=O)Cc1cc(C)no1. The molecule has 1 amide bonds. The highest BCUT2D eigenvalue weighted by atomic mass is 16.5. The summed E-state index contributed by atoms with van der Waals surface area (Å²) in [6, 6.07) is 2.26. The van der Waals surface area contributed by atoms with Crippen molar-refractivity contribution in [3.05, 3.63) is 17.5 Å². The fraction of sp³-hybridized carbons (Fsp3) is 0.714. The number of likely N-dealkylation sites (tertiary alicyclic amines) is 1. The average molecular weight is 281 g/mol. The van der Waals surface area contributed by atoms with Gasteiger partial charge >= 0.3 is 0 Å². The van der Waals surface area contributed by atoms with Crippen LogP contribution >= 0.6 is 0 Å². The number of nitrogens with one attached hydrogen (secondary N) is 1. The molecule has 0 spiro atoms. The molecule has 0 bridgehead atoms. The van der Waals surface area contributed by atoms with Crippen LogP contribution in [-0.2, 0) is 16.0 Å². The van der Waals surface area contributed by atoms with Crippen molar-refractivity contribution in [1.29, 1.82) is 0 Å². The summed E-state index contributed by atoms with van der Waals surface area (Å²) < 4.78 is 10.5. The van der Waals surface area contributed by atoms with Gasteiger partial charge in [-0.1, -0.05) is 5.16 Å². The van der Waals surface area contributed by atoms with E-state index in [2.05, 4.69) is 29.2 Å². The Morgan fingerprint density at radius 3 is 2.90 bits per heavy atom. The van der Waals surface area contributed by atoms with Gasteiger partial charge in [0.05, 0.1) is 24.3 Å². The summed E-state index contributed by atoms with van der Waals surface area (Å²) in [5.74, 6) is 0.534. The smallest absolute Gasteiger partial charge is 0.228 e. The van der Waals surface area contributed by atoms with Gasteiger partial charge in [-0.15, -0.1) is 0 Å². The van der Waals surface area contributed by atoms with E-state index in [1.165, 1.54) is 0 Å². The Kier molecular flexibility index (Phi) is 4.77. The number of amides is 1. The Labute approximate surface area is 119 Å². The molecule has 0 radical (unpaired) electrons. The molecule has 0 saturated carbocycles. The number of nitrogens with zero attached hydrogens (tertiary/aromatic N) is 2. The fourth-order valence-corrected chi connectivity index (χ4v) is 2.52. The van der Waals surface area contributed by atoms with Crippen molar-refractivity contribution in [2.75, 3.05) is 20.2 Å². The quantitative estimate of drug-likeness (QED) is 0.862. The fourth-order valence-electron chi connectivity index (χ4n) is 2.52. The van der Waals surface area contributed by atoms with Crippen LogP contribution in [0.5, 0.6) is 0 Å². The maximum Gasteiger partial charge on any atom is 0.228 e. The number of methoxy groups -OCH3 is 1. The van der Waals surface area contributed by atoms with Crippen LogP contribution in [0.15, 0.2) is 10.6 Å². The van der Waals surface area contributed by atoms with Crippen LogP contribution in [0.1, 0.15) is 25.3 Å². The molecule has 112 valence electrons. The van der Waals surface area contributed by atoms with Crippen molar-refractivity contribution >= 4 is 5.91 Å². The van der Waals surface area contributed by atoms with E-state index >= 15 is 0 Å². The van der Waals surface area contributed by atoms with Crippen molar-refractivity contribution in [3.63, 3.8) is 0 Å². The molecule has 1 N–H and O–H groups in total. The van der Waals surface area contributed by atoms with Gasteiger partial charge in [-0.2, -0.15) is 0 Å². The monoisotopic (exact) mass is 281 g/mol. The summed E-state index contributed by atoms with van der Waals surface area (Å²) in [6.07, 6.45) is 0.257. The lowest BCUT2D eigenvalue weighted by Gasteiger charge is -2.19. The van der Waals surface area contributed by atoms with Gasteiger partial charge in [-0.05, 0) is 20.8 Å². The van der Waals surface area contributed by atoms with E-state index in [1.807, 2.05) is 6.92 Å². The maximum atomic E-state index is 12.0. The van der Waals surface area contributed by atoms with Crippen LogP contribution in [0.3, 0.4) is 0 Å². The molecular formula is C14H23N3O3. The van der Waals surface area contributed by atoms with Crippen molar-refractivity contribution < 1.29 is 14.1 Å². The minimum atomic E-state index is -0.0567. The minimum Gasteiger partial charge on any atom is -0.378 e. The van der Waals surface area contributed by atoms with Crippen molar-refractivity contribution in [2.24, 2.45) is 0 Å². The second-order valence-electron chi connectivity index (χ2n) is 5.61. The predicted molar refractivity (Wildman–Crippen MR) is 74.4 cm³/mol. The van der Waals surface area contributed by atoms with Crippen molar-refractivity contribution in [3.8, 4) is 0 Å². The maximum absolute atomic E-state index is 12.0. The Balaban J connectivity index is 1.89. The zero-order valence-electron chi connectivity index (χ0n) is 12.5. The number of aromatic nitrogens is 1. The molecule has 1 aliphatic heterocycles. The first-order valence-electron chi connectivity index (χ1n) is 6.98. The highest BCUT2D eigenvalue weighted by molar-refractivity contribution is 5.78. The molecule has 1 saturated heterocycles.